The van der Waals surface area contributed by atoms with Gasteiger partial charge in [0.05, 0.1) is 16.6 Å². The Bertz CT molecular complexity index is 527. The zero-order chi connectivity index (χ0) is 14.2. The Morgan fingerprint density at radius 3 is 2.68 bits per heavy atom. The number of halogens is 1. The third-order valence-electron chi connectivity index (χ3n) is 3.52. The maximum absolute atomic E-state index is 12.3. The molecule has 1 atom stereocenters. The maximum atomic E-state index is 12.3. The van der Waals surface area contributed by atoms with E-state index >= 15 is 0 Å². The van der Waals surface area contributed by atoms with E-state index in [1.54, 1.807) is 18.7 Å². The number of rotatable bonds is 2. The van der Waals surface area contributed by atoms with Gasteiger partial charge in [-0.15, -0.1) is 0 Å². The predicted octanol–water partition coefficient (Wildman–Crippen LogP) is 1.32. The lowest BCUT2D eigenvalue weighted by Crippen LogP contribution is -2.42. The lowest BCUT2D eigenvalue weighted by atomic mass is 9.98. The average molecular weight is 286 g/mol. The van der Waals surface area contributed by atoms with E-state index in [9.17, 15) is 9.59 Å². The van der Waals surface area contributed by atoms with Crippen molar-refractivity contribution in [2.45, 2.75) is 19.8 Å². The molecule has 19 heavy (non-hydrogen) atoms. The van der Waals surface area contributed by atoms with E-state index in [-0.39, 0.29) is 18.1 Å². The molecule has 1 aliphatic heterocycles. The SMILES string of the molecule is Cc1c(Cl)c(C(=O)N2CCC[C@H](C(=O)O)C2)nn1C. The van der Waals surface area contributed by atoms with E-state index in [1.807, 2.05) is 0 Å². The van der Waals surface area contributed by atoms with E-state index in [4.69, 9.17) is 16.7 Å². The standard InChI is InChI=1S/C12H16ClN3O3/c1-7-9(13)10(14-15(7)2)11(17)16-5-3-4-8(6-16)12(18)19/h8H,3-6H2,1-2H3,(H,18,19)/t8-/m0/s1. The summed E-state index contributed by atoms with van der Waals surface area (Å²) in [6.07, 6.45) is 1.29. The minimum atomic E-state index is -0.860. The van der Waals surface area contributed by atoms with Crippen molar-refractivity contribution >= 4 is 23.5 Å². The van der Waals surface area contributed by atoms with Gasteiger partial charge in [-0.3, -0.25) is 14.3 Å². The van der Waals surface area contributed by atoms with Gasteiger partial charge in [0.2, 0.25) is 0 Å². The number of carbonyl (C=O) groups is 2. The number of amides is 1. The molecule has 2 heterocycles. The highest BCUT2D eigenvalue weighted by molar-refractivity contribution is 6.34. The second kappa shape index (κ2) is 5.21. The summed E-state index contributed by atoms with van der Waals surface area (Å²) >= 11 is 6.08. The highest BCUT2D eigenvalue weighted by Gasteiger charge is 2.31. The van der Waals surface area contributed by atoms with Crippen LogP contribution in [0.4, 0.5) is 0 Å². The van der Waals surface area contributed by atoms with Gasteiger partial charge in [-0.25, -0.2) is 0 Å². The minimum absolute atomic E-state index is 0.202. The Hall–Kier alpha value is -1.56. The molecule has 0 bridgehead atoms. The van der Waals surface area contributed by atoms with Gasteiger partial charge in [0, 0.05) is 20.1 Å². The second-order valence-electron chi connectivity index (χ2n) is 4.80. The Kier molecular flexibility index (Phi) is 3.80. The molecule has 0 aliphatic carbocycles. The van der Waals surface area contributed by atoms with Crippen molar-refractivity contribution in [3.05, 3.63) is 16.4 Å². The number of carboxylic acids is 1. The molecule has 1 aliphatic rings. The van der Waals surface area contributed by atoms with Gasteiger partial charge in [0.25, 0.3) is 5.91 Å². The van der Waals surface area contributed by atoms with Crippen molar-refractivity contribution < 1.29 is 14.7 Å². The van der Waals surface area contributed by atoms with Crippen LogP contribution in [0.1, 0.15) is 29.0 Å². The molecule has 1 fully saturated rings. The van der Waals surface area contributed by atoms with Crippen LogP contribution in [0.25, 0.3) is 0 Å². The molecule has 0 radical (unpaired) electrons. The summed E-state index contributed by atoms with van der Waals surface area (Å²) in [6.45, 7) is 2.55. The maximum Gasteiger partial charge on any atom is 0.308 e. The lowest BCUT2D eigenvalue weighted by molar-refractivity contribution is -0.143. The van der Waals surface area contributed by atoms with E-state index in [0.717, 1.165) is 5.69 Å². The van der Waals surface area contributed by atoms with Crippen molar-refractivity contribution in [2.75, 3.05) is 13.1 Å². The smallest absolute Gasteiger partial charge is 0.308 e. The third kappa shape index (κ3) is 2.58. The van der Waals surface area contributed by atoms with Crippen LogP contribution < -0.4 is 0 Å². The van der Waals surface area contributed by atoms with E-state index in [0.29, 0.717) is 24.4 Å². The van der Waals surface area contributed by atoms with Gasteiger partial charge in [-0.1, -0.05) is 11.6 Å². The van der Waals surface area contributed by atoms with E-state index in [2.05, 4.69) is 5.10 Å². The molecule has 1 N–H and O–H groups in total. The van der Waals surface area contributed by atoms with Crippen LogP contribution >= 0.6 is 11.6 Å². The molecule has 0 aromatic carbocycles. The third-order valence-corrected chi connectivity index (χ3v) is 3.97. The zero-order valence-corrected chi connectivity index (χ0v) is 11.6. The molecular weight excluding hydrogens is 270 g/mol. The Labute approximate surface area is 115 Å². The van der Waals surface area contributed by atoms with Crippen molar-refractivity contribution in [1.29, 1.82) is 0 Å². The first-order valence-corrected chi connectivity index (χ1v) is 6.50. The molecule has 1 aromatic rings. The number of nitrogens with zero attached hydrogens (tertiary/aromatic N) is 3. The number of carboxylic acid groups (broad SMARTS) is 1. The van der Waals surface area contributed by atoms with E-state index < -0.39 is 11.9 Å². The molecule has 1 saturated heterocycles. The normalized spacial score (nSPS) is 19.5. The average Bonchev–Trinajstić information content (AvgIpc) is 2.66. The molecule has 7 heteroatoms. The fourth-order valence-electron chi connectivity index (χ4n) is 2.23. The fraction of sp³-hybridized carbons (Fsp3) is 0.583. The van der Waals surface area contributed by atoms with Gasteiger partial charge >= 0.3 is 5.97 Å². The van der Waals surface area contributed by atoms with Crippen molar-refractivity contribution in [3.63, 3.8) is 0 Å². The van der Waals surface area contributed by atoms with Gasteiger partial charge in [-0.2, -0.15) is 5.10 Å². The summed E-state index contributed by atoms with van der Waals surface area (Å²) < 4.78 is 1.55. The first-order chi connectivity index (χ1) is 8.91. The molecule has 0 spiro atoms. The summed E-state index contributed by atoms with van der Waals surface area (Å²) in [5.74, 6) is -1.65. The van der Waals surface area contributed by atoms with Gasteiger partial charge < -0.3 is 10.0 Å². The van der Waals surface area contributed by atoms with Gasteiger partial charge in [-0.05, 0) is 19.8 Å². The van der Waals surface area contributed by atoms with Crippen LogP contribution in [-0.4, -0.2) is 44.8 Å². The Morgan fingerprint density at radius 2 is 2.16 bits per heavy atom. The molecule has 104 valence electrons. The Morgan fingerprint density at radius 1 is 1.47 bits per heavy atom. The largest absolute Gasteiger partial charge is 0.481 e. The minimum Gasteiger partial charge on any atom is -0.481 e. The summed E-state index contributed by atoms with van der Waals surface area (Å²) in [7, 11) is 1.72. The molecule has 0 saturated carbocycles. The first-order valence-electron chi connectivity index (χ1n) is 6.13. The summed E-state index contributed by atoms with van der Waals surface area (Å²) in [4.78, 5) is 24.9. The second-order valence-corrected chi connectivity index (χ2v) is 5.18. The number of piperidine rings is 1. The van der Waals surface area contributed by atoms with Crippen molar-refractivity contribution in [3.8, 4) is 0 Å². The summed E-state index contributed by atoms with van der Waals surface area (Å²) in [5.41, 5.74) is 0.921. The van der Waals surface area contributed by atoms with Crippen LogP contribution in [0.2, 0.25) is 5.02 Å². The number of hydrogen-bond donors (Lipinski definition) is 1. The molecule has 6 nitrogen and oxygen atoms in total. The van der Waals surface area contributed by atoms with Crippen LogP contribution in [0, 0.1) is 12.8 Å². The number of likely N-dealkylation sites (tertiary alicyclic amines) is 1. The molecule has 1 aromatic heterocycles. The van der Waals surface area contributed by atoms with Crippen molar-refractivity contribution in [1.82, 2.24) is 14.7 Å². The summed E-state index contributed by atoms with van der Waals surface area (Å²) in [5, 5.41) is 13.5. The molecule has 1 amide bonds. The fourth-order valence-corrected chi connectivity index (χ4v) is 2.47. The Balaban J connectivity index is 2.19. The number of aliphatic carboxylic acids is 1. The van der Waals surface area contributed by atoms with Crippen LogP contribution in [0.15, 0.2) is 0 Å². The summed E-state index contributed by atoms with van der Waals surface area (Å²) in [6, 6.07) is 0. The van der Waals surface area contributed by atoms with Gasteiger partial charge in [0.15, 0.2) is 5.69 Å². The van der Waals surface area contributed by atoms with Crippen molar-refractivity contribution in [2.24, 2.45) is 13.0 Å². The molecule has 2 rings (SSSR count). The number of aromatic nitrogens is 2. The highest BCUT2D eigenvalue weighted by atomic mass is 35.5. The van der Waals surface area contributed by atoms with Gasteiger partial charge in [0.1, 0.15) is 0 Å². The number of aryl methyl sites for hydroxylation is 1. The molecular formula is C12H16ClN3O3. The van der Waals surface area contributed by atoms with Crippen LogP contribution in [0.3, 0.4) is 0 Å². The number of hydrogen-bond acceptors (Lipinski definition) is 3. The highest BCUT2D eigenvalue weighted by Crippen LogP contribution is 2.23. The topological polar surface area (TPSA) is 75.4 Å². The monoisotopic (exact) mass is 285 g/mol. The first kappa shape index (κ1) is 13.9. The van der Waals surface area contributed by atoms with Crippen LogP contribution in [-0.2, 0) is 11.8 Å². The number of carbonyl (C=O) groups excluding carboxylic acids is 1. The van der Waals surface area contributed by atoms with E-state index in [1.165, 1.54) is 4.90 Å². The lowest BCUT2D eigenvalue weighted by Gasteiger charge is -2.30. The predicted molar refractivity (Wildman–Crippen MR) is 69.2 cm³/mol. The van der Waals surface area contributed by atoms with Crippen LogP contribution in [0.5, 0.6) is 0 Å². The molecule has 0 unspecified atom stereocenters. The zero-order valence-electron chi connectivity index (χ0n) is 10.9. The quantitative estimate of drug-likeness (QED) is 0.889.